The fourth-order valence-electron chi connectivity index (χ4n) is 0.659. The number of hydrogen-bond donors (Lipinski definition) is 1. The van der Waals surface area contributed by atoms with Crippen molar-refractivity contribution < 1.29 is 4.42 Å². The Bertz CT molecular complexity index is 222. The molecule has 1 aromatic heterocycles. The Balaban J connectivity index is 2.96. The SMILES string of the molecule is Cc1nc(C(C)(C)N)co1. The second kappa shape index (κ2) is 2.09. The lowest BCUT2D eigenvalue weighted by atomic mass is 10.0. The molecule has 0 aliphatic heterocycles. The van der Waals surface area contributed by atoms with Gasteiger partial charge < -0.3 is 10.2 Å². The molecule has 0 amide bonds. The molecular formula is C7H12N2O. The van der Waals surface area contributed by atoms with E-state index in [0.29, 0.717) is 5.89 Å². The van der Waals surface area contributed by atoms with Gasteiger partial charge in [-0.05, 0) is 13.8 Å². The smallest absolute Gasteiger partial charge is 0.191 e. The van der Waals surface area contributed by atoms with Crippen molar-refractivity contribution in [2.75, 3.05) is 0 Å². The molecule has 0 radical (unpaired) electrons. The standard InChI is InChI=1S/C7H12N2O/c1-5-9-6(4-10-5)7(2,3)8/h4H,8H2,1-3H3. The molecule has 0 atom stereocenters. The number of nitrogens with zero attached hydrogens (tertiary/aromatic N) is 1. The van der Waals surface area contributed by atoms with E-state index in [9.17, 15) is 0 Å². The highest BCUT2D eigenvalue weighted by molar-refractivity contribution is 5.06. The fourth-order valence-corrected chi connectivity index (χ4v) is 0.659. The third-order valence-corrected chi connectivity index (χ3v) is 1.28. The van der Waals surface area contributed by atoms with Crippen LogP contribution in [0.3, 0.4) is 0 Å². The molecule has 0 aromatic carbocycles. The van der Waals surface area contributed by atoms with Crippen LogP contribution in [-0.4, -0.2) is 4.98 Å². The van der Waals surface area contributed by atoms with E-state index in [1.54, 1.807) is 13.2 Å². The molecule has 0 saturated carbocycles. The van der Waals surface area contributed by atoms with Crippen molar-refractivity contribution in [2.45, 2.75) is 26.3 Å². The minimum Gasteiger partial charge on any atom is -0.449 e. The molecule has 0 saturated heterocycles. The molecule has 1 heterocycles. The van der Waals surface area contributed by atoms with Gasteiger partial charge in [-0.25, -0.2) is 4.98 Å². The lowest BCUT2D eigenvalue weighted by molar-refractivity contribution is 0.507. The summed E-state index contributed by atoms with van der Waals surface area (Å²) in [4.78, 5) is 4.09. The Hall–Kier alpha value is -0.830. The highest BCUT2D eigenvalue weighted by Crippen LogP contribution is 2.14. The molecule has 3 nitrogen and oxygen atoms in total. The number of nitrogens with two attached hydrogens (primary N) is 1. The predicted molar refractivity (Wildman–Crippen MR) is 38.5 cm³/mol. The molecule has 1 rings (SSSR count). The summed E-state index contributed by atoms with van der Waals surface area (Å²) < 4.78 is 5.00. The summed E-state index contributed by atoms with van der Waals surface area (Å²) in [5.74, 6) is 0.661. The zero-order valence-electron chi connectivity index (χ0n) is 6.51. The number of hydrogen-bond acceptors (Lipinski definition) is 3. The molecule has 56 valence electrons. The van der Waals surface area contributed by atoms with Crippen molar-refractivity contribution in [1.29, 1.82) is 0 Å². The Labute approximate surface area is 60.2 Å². The highest BCUT2D eigenvalue weighted by Gasteiger charge is 2.17. The van der Waals surface area contributed by atoms with Gasteiger partial charge in [-0.15, -0.1) is 0 Å². The minimum atomic E-state index is -0.391. The van der Waals surface area contributed by atoms with Crippen molar-refractivity contribution in [1.82, 2.24) is 4.98 Å². The summed E-state index contributed by atoms with van der Waals surface area (Å²) in [5, 5.41) is 0. The van der Waals surface area contributed by atoms with Gasteiger partial charge in [0.2, 0.25) is 0 Å². The first-order chi connectivity index (χ1) is 4.50. The van der Waals surface area contributed by atoms with Gasteiger partial charge in [0, 0.05) is 6.92 Å². The molecule has 0 unspecified atom stereocenters. The van der Waals surface area contributed by atoms with Crippen molar-refractivity contribution in [3.05, 3.63) is 17.8 Å². The van der Waals surface area contributed by atoms with E-state index in [0.717, 1.165) is 5.69 Å². The average Bonchev–Trinajstić information content (AvgIpc) is 2.11. The van der Waals surface area contributed by atoms with Crippen LogP contribution in [0.1, 0.15) is 25.4 Å². The monoisotopic (exact) mass is 140 g/mol. The van der Waals surface area contributed by atoms with Crippen molar-refractivity contribution >= 4 is 0 Å². The van der Waals surface area contributed by atoms with E-state index in [2.05, 4.69) is 4.98 Å². The van der Waals surface area contributed by atoms with Crippen LogP contribution in [0.25, 0.3) is 0 Å². The van der Waals surface area contributed by atoms with Gasteiger partial charge in [0.25, 0.3) is 0 Å². The second-order valence-electron chi connectivity index (χ2n) is 2.97. The zero-order chi connectivity index (χ0) is 7.78. The maximum atomic E-state index is 5.75. The highest BCUT2D eigenvalue weighted by atomic mass is 16.3. The van der Waals surface area contributed by atoms with E-state index in [4.69, 9.17) is 10.2 Å². The van der Waals surface area contributed by atoms with Crippen molar-refractivity contribution in [2.24, 2.45) is 5.73 Å². The molecule has 10 heavy (non-hydrogen) atoms. The normalized spacial score (nSPS) is 12.0. The number of aryl methyl sites for hydroxylation is 1. The predicted octanol–water partition coefficient (Wildman–Crippen LogP) is 1.18. The first-order valence-corrected chi connectivity index (χ1v) is 3.21. The fraction of sp³-hybridized carbons (Fsp3) is 0.571. The number of oxazole rings is 1. The van der Waals surface area contributed by atoms with Crippen molar-refractivity contribution in [3.8, 4) is 0 Å². The third-order valence-electron chi connectivity index (χ3n) is 1.28. The Morgan fingerprint density at radius 1 is 1.60 bits per heavy atom. The minimum absolute atomic E-state index is 0.391. The Morgan fingerprint density at radius 3 is 2.40 bits per heavy atom. The Morgan fingerprint density at radius 2 is 2.20 bits per heavy atom. The molecule has 0 aliphatic rings. The lowest BCUT2D eigenvalue weighted by Crippen LogP contribution is -2.28. The molecule has 0 fully saturated rings. The molecular weight excluding hydrogens is 128 g/mol. The summed E-state index contributed by atoms with van der Waals surface area (Å²) in [6.45, 7) is 5.59. The Kier molecular flexibility index (Phi) is 1.52. The van der Waals surface area contributed by atoms with E-state index in [-0.39, 0.29) is 0 Å². The summed E-state index contributed by atoms with van der Waals surface area (Å²) in [7, 11) is 0. The quantitative estimate of drug-likeness (QED) is 0.637. The van der Waals surface area contributed by atoms with E-state index in [1.807, 2.05) is 13.8 Å². The van der Waals surface area contributed by atoms with Crippen LogP contribution >= 0.6 is 0 Å². The van der Waals surface area contributed by atoms with Crippen LogP contribution in [0.5, 0.6) is 0 Å². The van der Waals surface area contributed by atoms with Crippen LogP contribution in [0.4, 0.5) is 0 Å². The van der Waals surface area contributed by atoms with Crippen LogP contribution in [0.2, 0.25) is 0 Å². The molecule has 0 aliphatic carbocycles. The van der Waals surface area contributed by atoms with Gasteiger partial charge in [-0.1, -0.05) is 0 Å². The van der Waals surface area contributed by atoms with Crippen LogP contribution in [-0.2, 0) is 5.54 Å². The van der Waals surface area contributed by atoms with Gasteiger partial charge in [-0.3, -0.25) is 0 Å². The maximum absolute atomic E-state index is 5.75. The number of rotatable bonds is 1. The zero-order valence-corrected chi connectivity index (χ0v) is 6.51. The summed E-state index contributed by atoms with van der Waals surface area (Å²) in [5.41, 5.74) is 6.15. The van der Waals surface area contributed by atoms with Gasteiger partial charge in [-0.2, -0.15) is 0 Å². The number of aromatic nitrogens is 1. The largest absolute Gasteiger partial charge is 0.449 e. The lowest BCUT2D eigenvalue weighted by Gasteiger charge is -2.13. The summed E-state index contributed by atoms with van der Waals surface area (Å²) in [6.07, 6.45) is 1.59. The first-order valence-electron chi connectivity index (χ1n) is 3.21. The van der Waals surface area contributed by atoms with Crippen molar-refractivity contribution in [3.63, 3.8) is 0 Å². The topological polar surface area (TPSA) is 52.0 Å². The van der Waals surface area contributed by atoms with E-state index < -0.39 is 5.54 Å². The summed E-state index contributed by atoms with van der Waals surface area (Å²) >= 11 is 0. The molecule has 2 N–H and O–H groups in total. The second-order valence-corrected chi connectivity index (χ2v) is 2.97. The van der Waals surface area contributed by atoms with E-state index >= 15 is 0 Å². The average molecular weight is 140 g/mol. The molecule has 1 aromatic rings. The van der Waals surface area contributed by atoms with Gasteiger partial charge in [0.05, 0.1) is 11.2 Å². The van der Waals surface area contributed by atoms with Gasteiger partial charge >= 0.3 is 0 Å². The van der Waals surface area contributed by atoms with E-state index in [1.165, 1.54) is 0 Å². The maximum Gasteiger partial charge on any atom is 0.191 e. The van der Waals surface area contributed by atoms with Crippen LogP contribution in [0.15, 0.2) is 10.7 Å². The molecule has 3 heteroatoms. The third kappa shape index (κ3) is 1.36. The van der Waals surface area contributed by atoms with Gasteiger partial charge in [0.1, 0.15) is 6.26 Å². The summed E-state index contributed by atoms with van der Waals surface area (Å²) in [6, 6.07) is 0. The van der Waals surface area contributed by atoms with Crippen LogP contribution in [0, 0.1) is 6.92 Å². The molecule has 0 spiro atoms. The molecule has 0 bridgehead atoms. The van der Waals surface area contributed by atoms with Gasteiger partial charge in [0.15, 0.2) is 5.89 Å². The first kappa shape index (κ1) is 7.28. The van der Waals surface area contributed by atoms with Crippen LogP contribution < -0.4 is 5.73 Å².